The smallest absolute Gasteiger partial charge is 0.306 e. The quantitative estimate of drug-likeness (QED) is 0.0262. The molecule has 6 heteroatoms. The van der Waals surface area contributed by atoms with Gasteiger partial charge in [0.15, 0.2) is 6.10 Å². The van der Waals surface area contributed by atoms with E-state index in [1.54, 1.807) is 0 Å². The second-order valence-corrected chi connectivity index (χ2v) is 20.2. The predicted molar refractivity (Wildman–Crippen MR) is 298 cm³/mol. The average molecular weight is 968 g/mol. The number of ether oxygens (including phenoxy) is 3. The zero-order valence-corrected chi connectivity index (χ0v) is 46.1. The van der Waals surface area contributed by atoms with Gasteiger partial charge in [0, 0.05) is 19.3 Å². The molecule has 0 aliphatic rings. The van der Waals surface area contributed by atoms with Gasteiger partial charge in [-0.3, -0.25) is 14.4 Å². The van der Waals surface area contributed by atoms with Crippen molar-refractivity contribution in [1.82, 2.24) is 0 Å². The molecule has 0 rings (SSSR count). The number of esters is 3. The Morgan fingerprint density at radius 3 is 0.884 bits per heavy atom. The molecule has 0 saturated heterocycles. The van der Waals surface area contributed by atoms with Crippen molar-refractivity contribution < 1.29 is 28.6 Å². The van der Waals surface area contributed by atoms with E-state index in [2.05, 4.69) is 69.4 Å². The molecule has 0 saturated carbocycles. The molecule has 0 amide bonds. The van der Waals surface area contributed by atoms with E-state index in [1.807, 2.05) is 0 Å². The summed E-state index contributed by atoms with van der Waals surface area (Å²) in [5, 5.41) is 0. The van der Waals surface area contributed by atoms with Crippen LogP contribution >= 0.6 is 0 Å². The van der Waals surface area contributed by atoms with Gasteiger partial charge in [0.2, 0.25) is 0 Å². The van der Waals surface area contributed by atoms with E-state index in [1.165, 1.54) is 180 Å². The van der Waals surface area contributed by atoms with Crippen molar-refractivity contribution >= 4 is 17.9 Å². The molecule has 0 aliphatic heterocycles. The van der Waals surface area contributed by atoms with Crippen LogP contribution in [0.15, 0.2) is 48.6 Å². The zero-order valence-electron chi connectivity index (χ0n) is 46.1. The topological polar surface area (TPSA) is 78.9 Å². The summed E-state index contributed by atoms with van der Waals surface area (Å²) in [5.41, 5.74) is 0. The second-order valence-electron chi connectivity index (χ2n) is 20.2. The summed E-state index contributed by atoms with van der Waals surface area (Å²) in [6.07, 6.45) is 71.1. The third kappa shape index (κ3) is 56.2. The molecular weight excluding hydrogens is 853 g/mol. The van der Waals surface area contributed by atoms with E-state index in [-0.39, 0.29) is 31.1 Å². The van der Waals surface area contributed by atoms with Crippen molar-refractivity contribution in [1.29, 1.82) is 0 Å². The van der Waals surface area contributed by atoms with Gasteiger partial charge in [-0.1, -0.05) is 288 Å². The average Bonchev–Trinajstić information content (AvgIpc) is 3.35. The summed E-state index contributed by atoms with van der Waals surface area (Å²) in [6.45, 7) is 6.55. The molecule has 0 aromatic carbocycles. The molecule has 6 nitrogen and oxygen atoms in total. The standard InChI is InChI=1S/C63H114O6/c1-4-7-10-13-16-19-22-25-27-29-30-31-32-34-36-39-42-45-48-51-54-57-63(66)69-60(58-67-61(64)55-52-49-46-43-40-37-24-21-18-15-12-9-6-3)59-68-62(65)56-53-50-47-44-41-38-35-33-28-26-23-20-17-14-11-8-5-2/h8,11,17,20,26,28,35,38,60H,4-7,9-10,12-16,18-19,21-25,27,29-34,36-37,39-59H2,1-3H3/b11-8-,20-17-,28-26-,38-35-/t60-/m0/s1. The van der Waals surface area contributed by atoms with Crippen molar-refractivity contribution in [3.05, 3.63) is 48.6 Å². The minimum absolute atomic E-state index is 0.0765. The van der Waals surface area contributed by atoms with Crippen LogP contribution < -0.4 is 0 Å². The molecule has 0 radical (unpaired) electrons. The molecule has 0 spiro atoms. The van der Waals surface area contributed by atoms with Crippen LogP contribution in [0.3, 0.4) is 0 Å². The number of unbranched alkanes of at least 4 members (excludes halogenated alkanes) is 36. The Kier molecular flexibility index (Phi) is 55.7. The van der Waals surface area contributed by atoms with Crippen LogP contribution in [0.4, 0.5) is 0 Å². The first-order chi connectivity index (χ1) is 34.0. The van der Waals surface area contributed by atoms with E-state index in [0.717, 1.165) is 96.3 Å². The summed E-state index contributed by atoms with van der Waals surface area (Å²) >= 11 is 0. The van der Waals surface area contributed by atoms with Crippen LogP contribution in [0, 0.1) is 0 Å². The van der Waals surface area contributed by atoms with Crippen LogP contribution in [0.2, 0.25) is 0 Å². The maximum Gasteiger partial charge on any atom is 0.306 e. The van der Waals surface area contributed by atoms with Gasteiger partial charge in [-0.05, 0) is 57.8 Å². The normalized spacial score (nSPS) is 12.3. The number of hydrogen-bond donors (Lipinski definition) is 0. The third-order valence-corrected chi connectivity index (χ3v) is 13.3. The van der Waals surface area contributed by atoms with Crippen LogP contribution in [0.25, 0.3) is 0 Å². The summed E-state index contributed by atoms with van der Waals surface area (Å²) in [7, 11) is 0. The summed E-state index contributed by atoms with van der Waals surface area (Å²) in [4.78, 5) is 38.2. The monoisotopic (exact) mass is 967 g/mol. The van der Waals surface area contributed by atoms with Gasteiger partial charge in [0.25, 0.3) is 0 Å². The van der Waals surface area contributed by atoms with Crippen LogP contribution in [-0.2, 0) is 28.6 Å². The van der Waals surface area contributed by atoms with Gasteiger partial charge in [-0.2, -0.15) is 0 Å². The molecule has 402 valence electrons. The van der Waals surface area contributed by atoms with Gasteiger partial charge in [0.05, 0.1) is 0 Å². The SMILES string of the molecule is CC/C=C\C/C=C\C/C=C\C/C=C\CCCCCCC(=O)OC[C@H](COC(=O)CCCCCCCCCCCCCCC)OC(=O)CCCCCCCCCCCCCCCCCCCCCCC. The maximum atomic E-state index is 12.9. The minimum atomic E-state index is -0.780. The lowest BCUT2D eigenvalue weighted by atomic mass is 10.0. The fourth-order valence-corrected chi connectivity index (χ4v) is 8.85. The third-order valence-electron chi connectivity index (χ3n) is 13.3. The molecule has 1 atom stereocenters. The highest BCUT2D eigenvalue weighted by Crippen LogP contribution is 2.17. The number of carbonyl (C=O) groups excluding carboxylic acids is 3. The van der Waals surface area contributed by atoms with Crippen LogP contribution in [0.1, 0.15) is 316 Å². The number of rotatable bonds is 55. The fraction of sp³-hybridized carbons (Fsp3) is 0.825. The van der Waals surface area contributed by atoms with Gasteiger partial charge >= 0.3 is 17.9 Å². The first-order valence-corrected chi connectivity index (χ1v) is 30.1. The Morgan fingerprint density at radius 2 is 0.565 bits per heavy atom. The lowest BCUT2D eigenvalue weighted by Gasteiger charge is -2.18. The lowest BCUT2D eigenvalue weighted by Crippen LogP contribution is -2.30. The van der Waals surface area contributed by atoms with Crippen molar-refractivity contribution in [2.75, 3.05) is 13.2 Å². The largest absolute Gasteiger partial charge is 0.462 e. The molecule has 0 aromatic heterocycles. The Hall–Kier alpha value is -2.63. The summed E-state index contributed by atoms with van der Waals surface area (Å²) in [6, 6.07) is 0. The molecular formula is C63H114O6. The van der Waals surface area contributed by atoms with Crippen LogP contribution in [0.5, 0.6) is 0 Å². The fourth-order valence-electron chi connectivity index (χ4n) is 8.85. The highest BCUT2D eigenvalue weighted by atomic mass is 16.6. The number of hydrogen-bond acceptors (Lipinski definition) is 6. The maximum absolute atomic E-state index is 12.9. The van der Waals surface area contributed by atoms with Crippen molar-refractivity contribution in [3.8, 4) is 0 Å². The van der Waals surface area contributed by atoms with E-state index < -0.39 is 6.10 Å². The van der Waals surface area contributed by atoms with Gasteiger partial charge in [0.1, 0.15) is 13.2 Å². The zero-order chi connectivity index (χ0) is 50.0. The summed E-state index contributed by atoms with van der Waals surface area (Å²) in [5.74, 6) is -0.882. The Bertz CT molecular complexity index is 1200. The van der Waals surface area contributed by atoms with Crippen LogP contribution in [-0.4, -0.2) is 37.2 Å². The molecule has 69 heavy (non-hydrogen) atoms. The van der Waals surface area contributed by atoms with E-state index >= 15 is 0 Å². The number of allylic oxidation sites excluding steroid dienone is 8. The first-order valence-electron chi connectivity index (χ1n) is 30.1. The highest BCUT2D eigenvalue weighted by Gasteiger charge is 2.19. The molecule has 0 aliphatic carbocycles. The predicted octanol–water partition coefficient (Wildman–Crippen LogP) is 20.2. The van der Waals surface area contributed by atoms with Crippen molar-refractivity contribution in [3.63, 3.8) is 0 Å². The number of carbonyl (C=O) groups is 3. The minimum Gasteiger partial charge on any atom is -0.462 e. The Labute approximate surface area is 428 Å². The van der Waals surface area contributed by atoms with E-state index in [0.29, 0.717) is 19.3 Å². The summed E-state index contributed by atoms with van der Waals surface area (Å²) < 4.78 is 16.9. The molecule has 0 unspecified atom stereocenters. The molecule has 0 N–H and O–H groups in total. The second kappa shape index (κ2) is 57.9. The first kappa shape index (κ1) is 66.4. The molecule has 0 aromatic rings. The molecule has 0 heterocycles. The molecule has 0 bridgehead atoms. The Morgan fingerprint density at radius 1 is 0.304 bits per heavy atom. The van der Waals surface area contributed by atoms with Crippen molar-refractivity contribution in [2.45, 2.75) is 322 Å². The van der Waals surface area contributed by atoms with Crippen molar-refractivity contribution in [2.24, 2.45) is 0 Å². The van der Waals surface area contributed by atoms with E-state index in [9.17, 15) is 14.4 Å². The Balaban J connectivity index is 4.33. The van der Waals surface area contributed by atoms with Gasteiger partial charge < -0.3 is 14.2 Å². The van der Waals surface area contributed by atoms with Gasteiger partial charge in [-0.15, -0.1) is 0 Å². The highest BCUT2D eigenvalue weighted by molar-refractivity contribution is 5.71. The molecule has 0 fully saturated rings. The van der Waals surface area contributed by atoms with Gasteiger partial charge in [-0.25, -0.2) is 0 Å². The van der Waals surface area contributed by atoms with E-state index in [4.69, 9.17) is 14.2 Å². The lowest BCUT2D eigenvalue weighted by molar-refractivity contribution is -0.167.